The molecule has 2 aliphatic heterocycles. The highest BCUT2D eigenvalue weighted by Gasteiger charge is 2.37. The lowest BCUT2D eigenvalue weighted by atomic mass is 10.0. The maximum absolute atomic E-state index is 12.8. The minimum absolute atomic E-state index is 0.0546. The van der Waals surface area contributed by atoms with Crippen molar-refractivity contribution in [2.45, 2.75) is 18.9 Å². The Labute approximate surface area is 145 Å². The van der Waals surface area contributed by atoms with E-state index in [1.165, 1.54) is 19.1 Å². The van der Waals surface area contributed by atoms with Crippen LogP contribution in [0.4, 0.5) is 4.79 Å². The van der Waals surface area contributed by atoms with Crippen LogP contribution in [0.3, 0.4) is 0 Å². The number of rotatable bonds is 4. The number of amides is 4. The van der Waals surface area contributed by atoms with Gasteiger partial charge in [-0.1, -0.05) is 6.07 Å². The monoisotopic (exact) mass is 347 g/mol. The predicted octanol–water partition coefficient (Wildman–Crippen LogP) is 0.860. The molecule has 2 fully saturated rings. The normalized spacial score (nSPS) is 18.3. The molecule has 2 aliphatic rings. The van der Waals surface area contributed by atoms with E-state index in [9.17, 15) is 14.4 Å². The molecule has 134 valence electrons. The van der Waals surface area contributed by atoms with E-state index < -0.39 is 0 Å². The zero-order chi connectivity index (χ0) is 18.0. The summed E-state index contributed by atoms with van der Waals surface area (Å²) in [5.41, 5.74) is 0.440. The van der Waals surface area contributed by atoms with E-state index in [-0.39, 0.29) is 30.4 Å². The number of nitrogens with one attached hydrogen (secondary N) is 1. The van der Waals surface area contributed by atoms with Crippen molar-refractivity contribution in [3.63, 3.8) is 0 Å². The number of hydrogen-bond donors (Lipinski definition) is 1. The molecule has 25 heavy (non-hydrogen) atoms. The first-order chi connectivity index (χ1) is 12.1. The van der Waals surface area contributed by atoms with Gasteiger partial charge in [-0.15, -0.1) is 0 Å². The van der Waals surface area contributed by atoms with Crippen LogP contribution in [0.1, 0.15) is 23.2 Å². The van der Waals surface area contributed by atoms with Gasteiger partial charge in [0.2, 0.25) is 5.91 Å². The Kier molecular flexibility index (Phi) is 4.78. The van der Waals surface area contributed by atoms with Gasteiger partial charge in [-0.25, -0.2) is 4.79 Å². The molecule has 2 heterocycles. The highest BCUT2D eigenvalue weighted by Crippen LogP contribution is 2.32. The fraction of sp³-hybridized carbons (Fsp3) is 0.471. The van der Waals surface area contributed by atoms with Gasteiger partial charge in [-0.2, -0.15) is 0 Å². The number of hydrogen-bond acceptors (Lipinski definition) is 5. The summed E-state index contributed by atoms with van der Waals surface area (Å²) in [7, 11) is 3.02. The first kappa shape index (κ1) is 17.1. The van der Waals surface area contributed by atoms with Gasteiger partial charge in [0, 0.05) is 19.1 Å². The van der Waals surface area contributed by atoms with E-state index in [0.29, 0.717) is 43.0 Å². The van der Waals surface area contributed by atoms with Gasteiger partial charge in [0.25, 0.3) is 5.91 Å². The Morgan fingerprint density at radius 3 is 2.44 bits per heavy atom. The molecule has 3 rings (SSSR count). The number of carbonyl (C=O) groups is 3. The van der Waals surface area contributed by atoms with Crippen molar-refractivity contribution < 1.29 is 23.9 Å². The second-order valence-corrected chi connectivity index (χ2v) is 5.99. The van der Waals surface area contributed by atoms with Crippen LogP contribution in [0.5, 0.6) is 11.5 Å². The summed E-state index contributed by atoms with van der Waals surface area (Å²) in [6.45, 7) is 1.00. The Morgan fingerprint density at radius 1 is 1.16 bits per heavy atom. The zero-order valence-electron chi connectivity index (χ0n) is 14.3. The Morgan fingerprint density at radius 2 is 1.88 bits per heavy atom. The summed E-state index contributed by atoms with van der Waals surface area (Å²) in [6, 6.07) is 4.68. The van der Waals surface area contributed by atoms with E-state index in [0.717, 1.165) is 0 Å². The molecule has 0 aliphatic carbocycles. The van der Waals surface area contributed by atoms with Crippen LogP contribution in [0.25, 0.3) is 0 Å². The first-order valence-electron chi connectivity index (χ1n) is 8.17. The number of nitrogens with zero attached hydrogens (tertiary/aromatic N) is 2. The minimum atomic E-state index is -0.343. The molecule has 1 N–H and O–H groups in total. The summed E-state index contributed by atoms with van der Waals surface area (Å²) in [5.74, 6) is 0.560. The summed E-state index contributed by atoms with van der Waals surface area (Å²) < 4.78 is 10.6. The van der Waals surface area contributed by atoms with E-state index >= 15 is 0 Å². The average Bonchev–Trinajstić information content (AvgIpc) is 2.98. The lowest BCUT2D eigenvalue weighted by molar-refractivity contribution is -0.127. The van der Waals surface area contributed by atoms with E-state index in [1.54, 1.807) is 23.1 Å². The van der Waals surface area contributed by atoms with Crippen molar-refractivity contribution in [3.8, 4) is 11.5 Å². The third-order valence-corrected chi connectivity index (χ3v) is 4.63. The average molecular weight is 347 g/mol. The molecule has 0 atom stereocenters. The molecule has 1 aromatic carbocycles. The fourth-order valence-corrected chi connectivity index (χ4v) is 3.36. The number of ether oxygens (including phenoxy) is 2. The molecule has 0 saturated carbocycles. The summed E-state index contributed by atoms with van der Waals surface area (Å²) >= 11 is 0. The van der Waals surface area contributed by atoms with E-state index in [4.69, 9.17) is 9.47 Å². The highest BCUT2D eigenvalue weighted by molar-refractivity contribution is 6.02. The van der Waals surface area contributed by atoms with Crippen LogP contribution in [0, 0.1) is 0 Å². The highest BCUT2D eigenvalue weighted by atomic mass is 16.5. The summed E-state index contributed by atoms with van der Waals surface area (Å²) in [5, 5.41) is 2.53. The molecule has 0 spiro atoms. The number of para-hydroxylation sites is 1. The van der Waals surface area contributed by atoms with Gasteiger partial charge in [-0.05, 0) is 25.0 Å². The lowest BCUT2D eigenvalue weighted by Crippen LogP contribution is -2.49. The first-order valence-corrected chi connectivity index (χ1v) is 8.17. The van der Waals surface area contributed by atoms with Crippen LogP contribution in [0.2, 0.25) is 0 Å². The number of methoxy groups -OCH3 is 2. The van der Waals surface area contributed by atoms with Crippen molar-refractivity contribution in [2.75, 3.05) is 33.9 Å². The molecule has 0 aromatic heterocycles. The number of piperidine rings is 1. The van der Waals surface area contributed by atoms with Gasteiger partial charge >= 0.3 is 6.03 Å². The molecule has 4 amide bonds. The third kappa shape index (κ3) is 3.11. The Bertz CT molecular complexity index is 682. The van der Waals surface area contributed by atoms with Crippen molar-refractivity contribution in [1.82, 2.24) is 15.1 Å². The molecule has 8 heteroatoms. The van der Waals surface area contributed by atoms with E-state index in [2.05, 4.69) is 5.32 Å². The molecule has 2 saturated heterocycles. The topological polar surface area (TPSA) is 88.2 Å². The van der Waals surface area contributed by atoms with Gasteiger partial charge in [-0.3, -0.25) is 14.5 Å². The second-order valence-electron chi connectivity index (χ2n) is 5.99. The number of imide groups is 1. The minimum Gasteiger partial charge on any atom is -0.493 e. The van der Waals surface area contributed by atoms with Gasteiger partial charge < -0.3 is 19.7 Å². The predicted molar refractivity (Wildman–Crippen MR) is 88.7 cm³/mol. The van der Waals surface area contributed by atoms with Crippen molar-refractivity contribution in [1.29, 1.82) is 0 Å². The number of benzene rings is 1. The number of carbonyl (C=O) groups excluding carboxylic acids is 3. The number of likely N-dealkylation sites (tertiary alicyclic amines) is 1. The van der Waals surface area contributed by atoms with Crippen LogP contribution in [-0.2, 0) is 4.79 Å². The molecule has 0 radical (unpaired) electrons. The largest absolute Gasteiger partial charge is 0.493 e. The second kappa shape index (κ2) is 7.00. The van der Waals surface area contributed by atoms with Crippen LogP contribution < -0.4 is 14.8 Å². The maximum Gasteiger partial charge on any atom is 0.324 e. The summed E-state index contributed by atoms with van der Waals surface area (Å²) in [4.78, 5) is 39.4. The van der Waals surface area contributed by atoms with Crippen LogP contribution >= 0.6 is 0 Å². The molecule has 8 nitrogen and oxygen atoms in total. The van der Waals surface area contributed by atoms with Crippen molar-refractivity contribution in [2.24, 2.45) is 0 Å². The summed E-state index contributed by atoms with van der Waals surface area (Å²) in [6.07, 6.45) is 1.13. The molecular formula is C17H21N3O5. The van der Waals surface area contributed by atoms with Crippen molar-refractivity contribution in [3.05, 3.63) is 23.8 Å². The Hall–Kier alpha value is -2.77. The molecule has 0 bridgehead atoms. The van der Waals surface area contributed by atoms with Crippen LogP contribution in [0.15, 0.2) is 18.2 Å². The van der Waals surface area contributed by atoms with Gasteiger partial charge in [0.05, 0.1) is 26.3 Å². The van der Waals surface area contributed by atoms with Crippen LogP contribution in [-0.4, -0.2) is 67.5 Å². The zero-order valence-corrected chi connectivity index (χ0v) is 14.3. The molecular weight excluding hydrogens is 326 g/mol. The van der Waals surface area contributed by atoms with E-state index in [1.807, 2.05) is 0 Å². The van der Waals surface area contributed by atoms with Crippen molar-refractivity contribution >= 4 is 17.8 Å². The standard InChI is InChI=1S/C17H21N3O5/c1-24-13-5-3-4-12(15(13)25-2)16(22)19-8-6-11(7-9-19)20-14(21)10-18-17(20)23/h3-5,11H,6-10H2,1-2H3,(H,18,23). The molecule has 1 aromatic rings. The number of urea groups is 1. The SMILES string of the molecule is COc1cccc(C(=O)N2CCC(N3C(=O)CNC3=O)CC2)c1OC. The van der Waals surface area contributed by atoms with Gasteiger partial charge in [0.15, 0.2) is 11.5 Å². The fourth-order valence-electron chi connectivity index (χ4n) is 3.36. The third-order valence-electron chi connectivity index (χ3n) is 4.63. The maximum atomic E-state index is 12.8. The quantitative estimate of drug-likeness (QED) is 0.816. The molecule has 0 unspecified atom stereocenters. The van der Waals surface area contributed by atoms with Gasteiger partial charge in [0.1, 0.15) is 0 Å². The lowest BCUT2D eigenvalue weighted by Gasteiger charge is -2.35. The Balaban J connectivity index is 1.70. The smallest absolute Gasteiger partial charge is 0.324 e.